The van der Waals surface area contributed by atoms with Gasteiger partial charge in [0.05, 0.1) is 11.6 Å². The number of hydrogen-bond donors (Lipinski definition) is 0. The Morgan fingerprint density at radius 1 is 1.18 bits per heavy atom. The first-order valence-corrected chi connectivity index (χ1v) is 7.50. The fourth-order valence-corrected chi connectivity index (χ4v) is 2.86. The maximum atomic E-state index is 12.5. The highest BCUT2D eigenvalue weighted by Gasteiger charge is 2.19. The van der Waals surface area contributed by atoms with E-state index in [4.69, 9.17) is 10.00 Å². The van der Waals surface area contributed by atoms with Crippen molar-refractivity contribution in [2.24, 2.45) is 0 Å². The third kappa shape index (κ3) is 2.87. The van der Waals surface area contributed by atoms with Crippen LogP contribution >= 0.6 is 0 Å². The average molecular weight is 291 g/mol. The predicted molar refractivity (Wildman–Crippen MR) is 84.0 cm³/mol. The maximum absolute atomic E-state index is 12.5. The Bertz CT molecular complexity index is 758. The van der Waals surface area contributed by atoms with Crippen LogP contribution in [-0.4, -0.2) is 11.9 Å². The molecule has 1 aliphatic carbocycles. The standard InChI is InChI=1S/C19H17NO2/c1-13(22-18-7-2-4-14(10-18)12-20)19(21)17-9-8-15-5-3-6-16(15)11-17/h2,4,7-11,13H,3,5-6H2,1H3/t13-/m0/s1. The van der Waals surface area contributed by atoms with E-state index < -0.39 is 6.10 Å². The first kappa shape index (κ1) is 14.3. The van der Waals surface area contributed by atoms with Gasteiger partial charge < -0.3 is 4.74 Å². The summed E-state index contributed by atoms with van der Waals surface area (Å²) in [5.74, 6) is 0.512. The first-order chi connectivity index (χ1) is 10.7. The van der Waals surface area contributed by atoms with Crippen LogP contribution < -0.4 is 4.74 Å². The monoisotopic (exact) mass is 291 g/mol. The predicted octanol–water partition coefficient (Wildman–Crippen LogP) is 3.70. The average Bonchev–Trinajstić information content (AvgIpc) is 3.01. The third-order valence-electron chi connectivity index (χ3n) is 4.03. The molecule has 0 fully saturated rings. The number of hydrogen-bond acceptors (Lipinski definition) is 3. The minimum Gasteiger partial charge on any atom is -0.483 e. The molecule has 0 spiro atoms. The molecule has 0 heterocycles. The molecule has 0 unspecified atom stereocenters. The zero-order valence-corrected chi connectivity index (χ0v) is 12.5. The minimum absolute atomic E-state index is 0.0305. The van der Waals surface area contributed by atoms with Gasteiger partial charge in [0, 0.05) is 5.56 Å². The lowest BCUT2D eigenvalue weighted by Crippen LogP contribution is -2.24. The van der Waals surface area contributed by atoms with E-state index in [2.05, 4.69) is 12.1 Å². The van der Waals surface area contributed by atoms with Gasteiger partial charge >= 0.3 is 0 Å². The SMILES string of the molecule is C[C@H](Oc1cccc(C#N)c1)C(=O)c1ccc2c(c1)CCC2. The van der Waals surface area contributed by atoms with Crippen molar-refractivity contribution < 1.29 is 9.53 Å². The normalized spacial score (nSPS) is 14.0. The van der Waals surface area contributed by atoms with Crippen LogP contribution in [0.5, 0.6) is 5.75 Å². The van der Waals surface area contributed by atoms with Gasteiger partial charge in [0.25, 0.3) is 0 Å². The van der Waals surface area contributed by atoms with Crippen molar-refractivity contribution in [2.45, 2.75) is 32.3 Å². The van der Waals surface area contributed by atoms with Gasteiger partial charge in [-0.1, -0.05) is 18.2 Å². The van der Waals surface area contributed by atoms with Gasteiger partial charge in [-0.2, -0.15) is 5.26 Å². The molecule has 2 aromatic carbocycles. The zero-order chi connectivity index (χ0) is 15.5. The molecule has 0 N–H and O–H groups in total. The Labute approximate surface area is 130 Å². The molecule has 0 aromatic heterocycles. The molecule has 0 aliphatic heterocycles. The number of carbonyl (C=O) groups excluding carboxylic acids is 1. The second-order valence-electron chi connectivity index (χ2n) is 5.60. The van der Waals surface area contributed by atoms with Crippen LogP contribution in [0.4, 0.5) is 0 Å². The molecule has 0 radical (unpaired) electrons. The molecule has 1 atom stereocenters. The summed E-state index contributed by atoms with van der Waals surface area (Å²) < 4.78 is 5.69. The number of nitriles is 1. The van der Waals surface area contributed by atoms with Crippen molar-refractivity contribution in [3.63, 3.8) is 0 Å². The van der Waals surface area contributed by atoms with Crippen LogP contribution in [0.15, 0.2) is 42.5 Å². The Morgan fingerprint density at radius 2 is 2.00 bits per heavy atom. The summed E-state index contributed by atoms with van der Waals surface area (Å²) in [6.45, 7) is 1.74. The van der Waals surface area contributed by atoms with E-state index in [-0.39, 0.29) is 5.78 Å². The molecule has 0 amide bonds. The van der Waals surface area contributed by atoms with Crippen LogP contribution in [0, 0.1) is 11.3 Å². The highest BCUT2D eigenvalue weighted by molar-refractivity contribution is 5.99. The molecule has 0 saturated carbocycles. The summed E-state index contributed by atoms with van der Waals surface area (Å²) in [5.41, 5.74) is 3.86. The van der Waals surface area contributed by atoms with Crippen LogP contribution in [-0.2, 0) is 12.8 Å². The van der Waals surface area contributed by atoms with Crippen LogP contribution in [0.3, 0.4) is 0 Å². The van der Waals surface area contributed by atoms with Crippen molar-refractivity contribution in [3.05, 3.63) is 64.7 Å². The van der Waals surface area contributed by atoms with E-state index in [1.807, 2.05) is 12.1 Å². The molecule has 110 valence electrons. The Hall–Kier alpha value is -2.60. The number of fused-ring (bicyclic) bond motifs is 1. The molecule has 3 nitrogen and oxygen atoms in total. The highest BCUT2D eigenvalue weighted by Crippen LogP contribution is 2.24. The van der Waals surface area contributed by atoms with Gasteiger partial charge in [-0.25, -0.2) is 0 Å². The van der Waals surface area contributed by atoms with Gasteiger partial charge in [0.15, 0.2) is 6.10 Å². The van der Waals surface area contributed by atoms with Crippen molar-refractivity contribution in [3.8, 4) is 11.8 Å². The number of nitrogens with zero attached hydrogens (tertiary/aromatic N) is 1. The lowest BCUT2D eigenvalue weighted by Gasteiger charge is -2.14. The largest absolute Gasteiger partial charge is 0.483 e. The molecule has 2 aromatic rings. The molecular formula is C19H17NO2. The summed E-state index contributed by atoms with van der Waals surface area (Å²) >= 11 is 0. The van der Waals surface area contributed by atoms with E-state index >= 15 is 0 Å². The number of Topliss-reactive ketones (excluding diaryl/α,β-unsaturated/α-hetero) is 1. The second kappa shape index (κ2) is 6.03. The number of aryl methyl sites for hydroxylation is 2. The van der Waals surface area contributed by atoms with E-state index in [0.29, 0.717) is 16.9 Å². The van der Waals surface area contributed by atoms with Crippen LogP contribution in [0.25, 0.3) is 0 Å². The van der Waals surface area contributed by atoms with Gasteiger partial charge in [0.1, 0.15) is 5.75 Å². The third-order valence-corrected chi connectivity index (χ3v) is 4.03. The molecule has 0 saturated heterocycles. The van der Waals surface area contributed by atoms with Gasteiger partial charge in [-0.15, -0.1) is 0 Å². The molecule has 1 aliphatic rings. The number of ketones is 1. The fraction of sp³-hybridized carbons (Fsp3) is 0.263. The molecule has 3 heteroatoms. The van der Waals surface area contributed by atoms with Crippen molar-refractivity contribution in [1.29, 1.82) is 5.26 Å². The van der Waals surface area contributed by atoms with Crippen LogP contribution in [0.1, 0.15) is 40.4 Å². The number of ether oxygens (including phenoxy) is 1. The minimum atomic E-state index is -0.576. The van der Waals surface area contributed by atoms with Crippen molar-refractivity contribution in [1.82, 2.24) is 0 Å². The fourth-order valence-electron chi connectivity index (χ4n) is 2.86. The highest BCUT2D eigenvalue weighted by atomic mass is 16.5. The number of benzene rings is 2. The second-order valence-corrected chi connectivity index (χ2v) is 5.60. The number of rotatable bonds is 4. The summed E-state index contributed by atoms with van der Waals surface area (Å²) in [4.78, 5) is 12.5. The molecule has 22 heavy (non-hydrogen) atoms. The lowest BCUT2D eigenvalue weighted by atomic mass is 10.0. The van der Waals surface area contributed by atoms with Gasteiger partial charge in [-0.05, 0) is 61.6 Å². The Morgan fingerprint density at radius 3 is 2.82 bits per heavy atom. The van der Waals surface area contributed by atoms with E-state index in [1.165, 1.54) is 17.5 Å². The van der Waals surface area contributed by atoms with Gasteiger partial charge in [0.2, 0.25) is 5.78 Å². The van der Waals surface area contributed by atoms with E-state index in [0.717, 1.165) is 12.8 Å². The summed E-state index contributed by atoms with van der Waals surface area (Å²) in [5, 5.41) is 8.90. The lowest BCUT2D eigenvalue weighted by molar-refractivity contribution is 0.0818. The van der Waals surface area contributed by atoms with E-state index in [1.54, 1.807) is 31.2 Å². The summed E-state index contributed by atoms with van der Waals surface area (Å²) in [6, 6.07) is 14.9. The topological polar surface area (TPSA) is 50.1 Å². The molecule has 3 rings (SSSR count). The Balaban J connectivity index is 1.75. The quantitative estimate of drug-likeness (QED) is 0.807. The zero-order valence-electron chi connectivity index (χ0n) is 12.5. The first-order valence-electron chi connectivity index (χ1n) is 7.50. The van der Waals surface area contributed by atoms with Crippen molar-refractivity contribution >= 4 is 5.78 Å². The number of carbonyl (C=O) groups is 1. The molecule has 0 bridgehead atoms. The maximum Gasteiger partial charge on any atom is 0.203 e. The molecular weight excluding hydrogens is 274 g/mol. The van der Waals surface area contributed by atoms with E-state index in [9.17, 15) is 4.79 Å². The summed E-state index contributed by atoms with van der Waals surface area (Å²) in [7, 11) is 0. The van der Waals surface area contributed by atoms with Crippen molar-refractivity contribution in [2.75, 3.05) is 0 Å². The Kier molecular flexibility index (Phi) is 3.93. The smallest absolute Gasteiger partial charge is 0.203 e. The van der Waals surface area contributed by atoms with Gasteiger partial charge in [-0.3, -0.25) is 4.79 Å². The van der Waals surface area contributed by atoms with Crippen LogP contribution in [0.2, 0.25) is 0 Å². The summed E-state index contributed by atoms with van der Waals surface area (Å²) in [6.07, 6.45) is 2.75.